The van der Waals surface area contributed by atoms with Crippen molar-refractivity contribution in [2.45, 2.75) is 76.0 Å². The minimum atomic E-state index is -1.03. The van der Waals surface area contributed by atoms with E-state index in [0.29, 0.717) is 25.9 Å². The van der Waals surface area contributed by atoms with Crippen LogP contribution in [-0.4, -0.2) is 53.8 Å². The van der Waals surface area contributed by atoms with Gasteiger partial charge in [-0.05, 0) is 31.7 Å². The third-order valence-electron chi connectivity index (χ3n) is 5.44. The van der Waals surface area contributed by atoms with Crippen molar-refractivity contribution in [3.8, 4) is 0 Å². The number of esters is 1. The second kappa shape index (κ2) is 12.9. The summed E-state index contributed by atoms with van der Waals surface area (Å²) in [6.07, 6.45) is 3.22. The van der Waals surface area contributed by atoms with Crippen LogP contribution in [0.5, 0.6) is 0 Å². The van der Waals surface area contributed by atoms with Gasteiger partial charge in [0.05, 0.1) is 30.1 Å². The highest BCUT2D eigenvalue weighted by Gasteiger charge is 2.42. The molecule has 2 rings (SSSR count). The SMILES string of the molecule is CCCCCOC1CCC(C(=O)N[C@@H](Cc2ccccc2)C(=O)OCC)C(O)C1Cl. The number of rotatable bonds is 11. The number of aliphatic hydroxyl groups is 1. The van der Waals surface area contributed by atoms with Crippen molar-refractivity contribution < 1.29 is 24.2 Å². The minimum absolute atomic E-state index is 0.229. The largest absolute Gasteiger partial charge is 0.464 e. The summed E-state index contributed by atoms with van der Waals surface area (Å²) in [4.78, 5) is 25.3. The predicted molar refractivity (Wildman–Crippen MR) is 116 cm³/mol. The van der Waals surface area contributed by atoms with Crippen molar-refractivity contribution in [3.63, 3.8) is 0 Å². The van der Waals surface area contributed by atoms with E-state index in [1.165, 1.54) is 0 Å². The number of aliphatic hydroxyl groups excluding tert-OH is 1. The molecule has 0 bridgehead atoms. The van der Waals surface area contributed by atoms with Crippen molar-refractivity contribution >= 4 is 23.5 Å². The summed E-state index contributed by atoms with van der Waals surface area (Å²) in [7, 11) is 0. The maximum atomic E-state index is 12.9. The van der Waals surface area contributed by atoms with Crippen LogP contribution in [-0.2, 0) is 25.5 Å². The van der Waals surface area contributed by atoms with Crippen molar-refractivity contribution in [1.82, 2.24) is 5.32 Å². The van der Waals surface area contributed by atoms with Gasteiger partial charge in [0, 0.05) is 13.0 Å². The zero-order valence-electron chi connectivity index (χ0n) is 17.9. The molecule has 7 heteroatoms. The third-order valence-corrected chi connectivity index (χ3v) is 5.98. The maximum absolute atomic E-state index is 12.9. The number of halogens is 1. The molecule has 5 atom stereocenters. The molecule has 4 unspecified atom stereocenters. The van der Waals surface area contributed by atoms with Crippen LogP contribution >= 0.6 is 11.6 Å². The Hall–Kier alpha value is -1.63. The Balaban J connectivity index is 1.96. The zero-order valence-corrected chi connectivity index (χ0v) is 18.6. The molecule has 1 fully saturated rings. The maximum Gasteiger partial charge on any atom is 0.328 e. The van der Waals surface area contributed by atoms with E-state index in [9.17, 15) is 14.7 Å². The molecule has 0 aromatic heterocycles. The average Bonchev–Trinajstić information content (AvgIpc) is 2.74. The number of carbonyl (C=O) groups excluding carboxylic acids is 2. The second-order valence-corrected chi connectivity index (χ2v) is 8.24. The molecule has 1 aliphatic rings. The van der Waals surface area contributed by atoms with Gasteiger partial charge in [-0.15, -0.1) is 11.6 Å². The van der Waals surface area contributed by atoms with Gasteiger partial charge >= 0.3 is 5.97 Å². The monoisotopic (exact) mass is 439 g/mol. The fourth-order valence-corrected chi connectivity index (χ4v) is 4.10. The highest BCUT2D eigenvalue weighted by Crippen LogP contribution is 2.31. The van der Waals surface area contributed by atoms with Gasteiger partial charge in [-0.3, -0.25) is 4.79 Å². The van der Waals surface area contributed by atoms with E-state index in [1.807, 2.05) is 30.3 Å². The van der Waals surface area contributed by atoms with Crippen LogP contribution in [0.4, 0.5) is 0 Å². The Labute approximate surface area is 184 Å². The van der Waals surface area contributed by atoms with Crippen LogP contribution in [0.25, 0.3) is 0 Å². The number of carbonyl (C=O) groups is 2. The van der Waals surface area contributed by atoms with Gasteiger partial charge in [0.1, 0.15) is 6.04 Å². The van der Waals surface area contributed by atoms with Crippen molar-refractivity contribution in [2.75, 3.05) is 13.2 Å². The predicted octanol–water partition coefficient (Wildman–Crippen LogP) is 3.23. The summed E-state index contributed by atoms with van der Waals surface area (Å²) in [5.41, 5.74) is 0.913. The first-order chi connectivity index (χ1) is 14.5. The van der Waals surface area contributed by atoms with Crippen molar-refractivity contribution in [3.05, 3.63) is 35.9 Å². The molecule has 1 amide bonds. The lowest BCUT2D eigenvalue weighted by Gasteiger charge is -2.36. The molecule has 1 aromatic rings. The first-order valence-electron chi connectivity index (χ1n) is 10.9. The van der Waals surface area contributed by atoms with Crippen LogP contribution < -0.4 is 5.32 Å². The van der Waals surface area contributed by atoms with Gasteiger partial charge < -0.3 is 19.9 Å². The Morgan fingerprint density at radius 2 is 1.93 bits per heavy atom. The molecule has 1 aliphatic carbocycles. The molecule has 0 spiro atoms. The first kappa shape index (κ1) is 24.6. The number of alkyl halides is 1. The topological polar surface area (TPSA) is 84.9 Å². The van der Waals surface area contributed by atoms with Gasteiger partial charge in [-0.1, -0.05) is 50.1 Å². The molecule has 0 aliphatic heterocycles. The van der Waals surface area contributed by atoms with Gasteiger partial charge in [-0.2, -0.15) is 0 Å². The average molecular weight is 440 g/mol. The minimum Gasteiger partial charge on any atom is -0.464 e. The third kappa shape index (κ3) is 7.25. The smallest absolute Gasteiger partial charge is 0.328 e. The summed E-state index contributed by atoms with van der Waals surface area (Å²) >= 11 is 6.42. The number of hydrogen-bond donors (Lipinski definition) is 2. The summed E-state index contributed by atoms with van der Waals surface area (Å²) in [5, 5.41) is 12.7. The van der Waals surface area contributed by atoms with Crippen molar-refractivity contribution in [2.24, 2.45) is 5.92 Å². The normalized spacial score (nSPS) is 24.8. The van der Waals surface area contributed by atoms with E-state index in [-0.39, 0.29) is 18.6 Å². The molecule has 1 aromatic carbocycles. The van der Waals surface area contributed by atoms with Crippen molar-refractivity contribution in [1.29, 1.82) is 0 Å². The molecule has 0 radical (unpaired) electrons. The Morgan fingerprint density at radius 3 is 2.60 bits per heavy atom. The second-order valence-electron chi connectivity index (χ2n) is 7.74. The summed E-state index contributed by atoms with van der Waals surface area (Å²) in [6, 6.07) is 8.61. The molecule has 30 heavy (non-hydrogen) atoms. The van der Waals surface area contributed by atoms with E-state index < -0.39 is 29.4 Å². The summed E-state index contributed by atoms with van der Waals surface area (Å²) in [5.74, 6) is -1.55. The quantitative estimate of drug-likeness (QED) is 0.314. The summed E-state index contributed by atoms with van der Waals surface area (Å²) < 4.78 is 11.0. The van der Waals surface area contributed by atoms with E-state index in [1.54, 1.807) is 6.92 Å². The Morgan fingerprint density at radius 1 is 1.20 bits per heavy atom. The molecule has 0 saturated heterocycles. The number of benzene rings is 1. The zero-order chi connectivity index (χ0) is 21.9. The Bertz CT molecular complexity index is 656. The number of ether oxygens (including phenoxy) is 2. The van der Waals surface area contributed by atoms with Gasteiger partial charge in [0.2, 0.25) is 5.91 Å². The number of amides is 1. The van der Waals surface area contributed by atoms with E-state index in [2.05, 4.69) is 12.2 Å². The van der Waals surface area contributed by atoms with E-state index in [0.717, 1.165) is 24.8 Å². The van der Waals surface area contributed by atoms with Crippen LogP contribution in [0.1, 0.15) is 51.5 Å². The molecular formula is C23H34ClNO5. The van der Waals surface area contributed by atoms with Gasteiger partial charge in [0.15, 0.2) is 0 Å². The highest BCUT2D eigenvalue weighted by molar-refractivity contribution is 6.21. The van der Waals surface area contributed by atoms with Crippen LogP contribution in [0.3, 0.4) is 0 Å². The van der Waals surface area contributed by atoms with Crippen LogP contribution in [0, 0.1) is 5.92 Å². The van der Waals surface area contributed by atoms with Gasteiger partial charge in [0.25, 0.3) is 0 Å². The lowest BCUT2D eigenvalue weighted by molar-refractivity contribution is -0.149. The fourth-order valence-electron chi connectivity index (χ4n) is 3.73. The molecule has 1 saturated carbocycles. The lowest BCUT2D eigenvalue weighted by Crippen LogP contribution is -2.53. The van der Waals surface area contributed by atoms with E-state index in [4.69, 9.17) is 21.1 Å². The number of hydrogen-bond acceptors (Lipinski definition) is 5. The summed E-state index contributed by atoms with van der Waals surface area (Å²) in [6.45, 7) is 4.68. The van der Waals surface area contributed by atoms with Crippen LogP contribution in [0.15, 0.2) is 30.3 Å². The molecule has 6 nitrogen and oxygen atoms in total. The molecular weight excluding hydrogens is 406 g/mol. The molecule has 168 valence electrons. The van der Waals surface area contributed by atoms with Gasteiger partial charge in [-0.25, -0.2) is 4.79 Å². The van der Waals surface area contributed by atoms with Crippen LogP contribution in [0.2, 0.25) is 0 Å². The Kier molecular flexibility index (Phi) is 10.6. The highest BCUT2D eigenvalue weighted by atomic mass is 35.5. The first-order valence-corrected chi connectivity index (χ1v) is 11.4. The standard InChI is InChI=1S/C23H34ClNO5/c1-3-5-9-14-30-19-13-12-17(21(26)20(19)24)22(27)25-18(23(28)29-4-2)15-16-10-7-6-8-11-16/h6-8,10-11,17-21,26H,3-5,9,12-15H2,1-2H3,(H,25,27)/t17?,18-,19?,20?,21?/m0/s1. The fraction of sp³-hybridized carbons (Fsp3) is 0.652. The lowest BCUT2D eigenvalue weighted by atomic mass is 9.83. The van der Waals surface area contributed by atoms with E-state index >= 15 is 0 Å². The number of nitrogens with one attached hydrogen (secondary N) is 1. The molecule has 2 N–H and O–H groups in total. The number of unbranched alkanes of at least 4 members (excludes halogenated alkanes) is 2. The molecule has 0 heterocycles.